The van der Waals surface area contributed by atoms with Gasteiger partial charge in [-0.2, -0.15) is 11.8 Å². The predicted octanol–water partition coefficient (Wildman–Crippen LogP) is -0.220. The van der Waals surface area contributed by atoms with Crippen LogP contribution in [0.3, 0.4) is 0 Å². The van der Waals surface area contributed by atoms with E-state index < -0.39 is 0 Å². The van der Waals surface area contributed by atoms with Crippen molar-refractivity contribution in [3.63, 3.8) is 0 Å². The summed E-state index contributed by atoms with van der Waals surface area (Å²) in [4.78, 5) is 13.6. The Morgan fingerprint density at radius 2 is 2.20 bits per heavy atom. The topological polar surface area (TPSA) is 52.6 Å². The molecule has 5 heteroatoms. The summed E-state index contributed by atoms with van der Waals surface area (Å²) in [6, 6.07) is 0. The van der Waals surface area contributed by atoms with E-state index in [9.17, 15) is 4.79 Å². The van der Waals surface area contributed by atoms with Gasteiger partial charge in [-0.05, 0) is 11.7 Å². The van der Waals surface area contributed by atoms with Crippen LogP contribution < -0.4 is 5.32 Å². The van der Waals surface area contributed by atoms with Crippen LogP contribution in [0.4, 0.5) is 0 Å². The summed E-state index contributed by atoms with van der Waals surface area (Å²) in [6.07, 6.45) is 0. The van der Waals surface area contributed by atoms with E-state index in [1.54, 1.807) is 11.8 Å². The van der Waals surface area contributed by atoms with Gasteiger partial charge in [0.05, 0.1) is 5.75 Å². The minimum absolute atomic E-state index is 0.203. The second-order valence-corrected chi connectivity index (χ2v) is 4.96. The van der Waals surface area contributed by atoms with Gasteiger partial charge in [0.25, 0.3) is 0 Å². The maximum absolute atomic E-state index is 11.7. The van der Waals surface area contributed by atoms with Crippen molar-refractivity contribution in [2.45, 2.75) is 6.92 Å². The van der Waals surface area contributed by atoms with E-state index in [0.717, 1.165) is 31.9 Å². The molecule has 0 bridgehead atoms. The minimum atomic E-state index is 0.203. The number of aliphatic hydroxyl groups excluding tert-OH is 1. The monoisotopic (exact) mass is 232 g/mol. The largest absolute Gasteiger partial charge is 0.396 e. The highest BCUT2D eigenvalue weighted by atomic mass is 32.2. The molecule has 0 aromatic rings. The predicted molar refractivity (Wildman–Crippen MR) is 63.0 cm³/mol. The van der Waals surface area contributed by atoms with E-state index in [-0.39, 0.29) is 18.4 Å². The Bertz CT molecular complexity index is 196. The number of hydrogen-bond donors (Lipinski definition) is 2. The zero-order valence-electron chi connectivity index (χ0n) is 9.24. The number of rotatable bonds is 5. The van der Waals surface area contributed by atoms with Crippen molar-refractivity contribution in [3.8, 4) is 0 Å². The summed E-state index contributed by atoms with van der Waals surface area (Å²) in [5.41, 5.74) is 0. The average Bonchev–Trinajstić information content (AvgIpc) is 2.29. The highest BCUT2D eigenvalue weighted by Gasteiger charge is 2.15. The standard InChI is InChI=1S/C10H20N2O2S/c1-9(6-13)7-15-8-10(14)12-4-2-11-3-5-12/h9,11,13H,2-8H2,1H3. The molecule has 1 aliphatic heterocycles. The quantitative estimate of drug-likeness (QED) is 0.688. The number of nitrogens with zero attached hydrogens (tertiary/aromatic N) is 1. The Morgan fingerprint density at radius 1 is 1.53 bits per heavy atom. The van der Waals surface area contributed by atoms with Crippen molar-refractivity contribution < 1.29 is 9.90 Å². The first kappa shape index (κ1) is 12.8. The summed E-state index contributed by atoms with van der Waals surface area (Å²) >= 11 is 1.62. The fraction of sp³-hybridized carbons (Fsp3) is 0.900. The lowest BCUT2D eigenvalue weighted by atomic mass is 10.2. The summed E-state index contributed by atoms with van der Waals surface area (Å²) in [7, 11) is 0. The summed E-state index contributed by atoms with van der Waals surface area (Å²) in [6.45, 7) is 5.66. The lowest BCUT2D eigenvalue weighted by molar-refractivity contribution is -0.128. The molecule has 1 rings (SSSR count). The summed E-state index contributed by atoms with van der Waals surface area (Å²) in [5.74, 6) is 1.91. The Balaban J connectivity index is 2.12. The molecule has 1 saturated heterocycles. The molecule has 88 valence electrons. The molecule has 1 aliphatic rings. The molecule has 1 heterocycles. The Kier molecular flexibility index (Phi) is 6.05. The first-order chi connectivity index (χ1) is 7.24. The fourth-order valence-corrected chi connectivity index (χ4v) is 2.39. The molecule has 0 spiro atoms. The molecule has 0 radical (unpaired) electrons. The fourth-order valence-electron chi connectivity index (χ4n) is 1.41. The van der Waals surface area contributed by atoms with Crippen molar-refractivity contribution in [1.82, 2.24) is 10.2 Å². The molecule has 1 fully saturated rings. The number of piperazine rings is 1. The Hall–Kier alpha value is -0.260. The molecule has 2 N–H and O–H groups in total. The highest BCUT2D eigenvalue weighted by Crippen LogP contribution is 2.09. The van der Waals surface area contributed by atoms with E-state index in [1.165, 1.54) is 0 Å². The molecular formula is C10H20N2O2S. The molecule has 0 saturated carbocycles. The van der Waals surface area contributed by atoms with Crippen molar-refractivity contribution in [3.05, 3.63) is 0 Å². The van der Waals surface area contributed by atoms with E-state index in [1.807, 2.05) is 11.8 Å². The van der Waals surface area contributed by atoms with E-state index in [0.29, 0.717) is 5.75 Å². The SMILES string of the molecule is CC(CO)CSCC(=O)N1CCNCC1. The Morgan fingerprint density at radius 3 is 2.80 bits per heavy atom. The van der Waals surface area contributed by atoms with Crippen LogP contribution in [-0.2, 0) is 4.79 Å². The van der Waals surface area contributed by atoms with Gasteiger partial charge in [-0.25, -0.2) is 0 Å². The second kappa shape index (κ2) is 7.09. The van der Waals surface area contributed by atoms with E-state index in [2.05, 4.69) is 5.32 Å². The van der Waals surface area contributed by atoms with Crippen molar-refractivity contribution in [2.24, 2.45) is 5.92 Å². The van der Waals surface area contributed by atoms with Gasteiger partial charge in [-0.1, -0.05) is 6.92 Å². The molecule has 0 aliphatic carbocycles. The lowest BCUT2D eigenvalue weighted by Gasteiger charge is -2.27. The first-order valence-electron chi connectivity index (χ1n) is 5.41. The minimum Gasteiger partial charge on any atom is -0.396 e. The highest BCUT2D eigenvalue weighted by molar-refractivity contribution is 7.99. The number of carbonyl (C=O) groups excluding carboxylic acids is 1. The van der Waals surface area contributed by atoms with Gasteiger partial charge in [0.2, 0.25) is 5.91 Å². The summed E-state index contributed by atoms with van der Waals surface area (Å²) in [5, 5.41) is 12.1. The first-order valence-corrected chi connectivity index (χ1v) is 6.56. The van der Waals surface area contributed by atoms with Crippen molar-refractivity contribution in [2.75, 3.05) is 44.3 Å². The van der Waals surface area contributed by atoms with Gasteiger partial charge in [0.15, 0.2) is 0 Å². The molecule has 0 aromatic heterocycles. The molecule has 1 atom stereocenters. The summed E-state index contributed by atoms with van der Waals surface area (Å²) < 4.78 is 0. The van der Waals surface area contributed by atoms with Crippen molar-refractivity contribution >= 4 is 17.7 Å². The third kappa shape index (κ3) is 4.86. The normalized spacial score (nSPS) is 18.9. The second-order valence-electron chi connectivity index (χ2n) is 3.93. The van der Waals surface area contributed by atoms with E-state index >= 15 is 0 Å². The number of nitrogens with one attached hydrogen (secondary N) is 1. The molecule has 0 aromatic carbocycles. The van der Waals surface area contributed by atoms with Crippen LogP contribution in [0.2, 0.25) is 0 Å². The van der Waals surface area contributed by atoms with Gasteiger partial charge in [-0.3, -0.25) is 4.79 Å². The van der Waals surface area contributed by atoms with Crippen LogP contribution in [0.1, 0.15) is 6.92 Å². The maximum atomic E-state index is 11.7. The molecule has 1 amide bonds. The van der Waals surface area contributed by atoms with Crippen LogP contribution in [-0.4, -0.2) is 60.2 Å². The van der Waals surface area contributed by atoms with Crippen LogP contribution in [0.15, 0.2) is 0 Å². The van der Waals surface area contributed by atoms with Crippen LogP contribution in [0, 0.1) is 5.92 Å². The molecule has 1 unspecified atom stereocenters. The third-order valence-electron chi connectivity index (χ3n) is 2.41. The van der Waals surface area contributed by atoms with Gasteiger partial charge >= 0.3 is 0 Å². The third-order valence-corrected chi connectivity index (χ3v) is 3.67. The Labute approximate surface area is 95.4 Å². The van der Waals surface area contributed by atoms with Crippen molar-refractivity contribution in [1.29, 1.82) is 0 Å². The van der Waals surface area contributed by atoms with Gasteiger partial charge < -0.3 is 15.3 Å². The van der Waals surface area contributed by atoms with Crippen LogP contribution in [0.5, 0.6) is 0 Å². The van der Waals surface area contributed by atoms with E-state index in [4.69, 9.17) is 5.11 Å². The number of thioether (sulfide) groups is 1. The molecule has 15 heavy (non-hydrogen) atoms. The lowest BCUT2D eigenvalue weighted by Crippen LogP contribution is -2.47. The van der Waals surface area contributed by atoms with Gasteiger partial charge in [-0.15, -0.1) is 0 Å². The molecular weight excluding hydrogens is 212 g/mol. The van der Waals surface area contributed by atoms with Gasteiger partial charge in [0, 0.05) is 32.8 Å². The molecule has 4 nitrogen and oxygen atoms in total. The van der Waals surface area contributed by atoms with Gasteiger partial charge in [0.1, 0.15) is 0 Å². The average molecular weight is 232 g/mol. The maximum Gasteiger partial charge on any atom is 0.232 e. The zero-order chi connectivity index (χ0) is 11.1. The van der Waals surface area contributed by atoms with Crippen LogP contribution >= 0.6 is 11.8 Å². The van der Waals surface area contributed by atoms with Crippen LogP contribution in [0.25, 0.3) is 0 Å². The zero-order valence-corrected chi connectivity index (χ0v) is 10.1. The number of hydrogen-bond acceptors (Lipinski definition) is 4. The number of carbonyl (C=O) groups is 1. The number of amides is 1. The number of aliphatic hydroxyl groups is 1. The smallest absolute Gasteiger partial charge is 0.232 e.